The number of hydrogen-bond donors (Lipinski definition) is 2. The van der Waals surface area contributed by atoms with Crippen LogP contribution >= 0.6 is 0 Å². The maximum Gasteiger partial charge on any atom is 0.226 e. The first-order chi connectivity index (χ1) is 11.8. The predicted octanol–water partition coefficient (Wildman–Crippen LogP) is 3.57. The zero-order valence-electron chi connectivity index (χ0n) is 14.3. The minimum Gasteiger partial charge on any atom is -0.382 e. The molecule has 3 rings (SSSR count). The minimum absolute atomic E-state index is 0.0136. The second kappa shape index (κ2) is 9.04. The lowest BCUT2D eigenvalue weighted by atomic mass is 10.2. The lowest BCUT2D eigenvalue weighted by Gasteiger charge is -2.14. The Bertz CT molecular complexity index is 523. The Morgan fingerprint density at radius 2 is 2.00 bits per heavy atom. The van der Waals surface area contributed by atoms with Gasteiger partial charge >= 0.3 is 0 Å². The molecule has 5 nitrogen and oxygen atoms in total. The van der Waals surface area contributed by atoms with Crippen molar-refractivity contribution in [2.75, 3.05) is 30.5 Å². The van der Waals surface area contributed by atoms with E-state index in [4.69, 9.17) is 9.47 Å². The number of carbonyl (C=O) groups excluding carboxylic acids is 1. The molecular formula is C19H28N2O3. The number of hydrogen-bond acceptors (Lipinski definition) is 4. The third kappa shape index (κ3) is 5.49. The van der Waals surface area contributed by atoms with Crippen molar-refractivity contribution in [3.05, 3.63) is 24.3 Å². The van der Waals surface area contributed by atoms with Gasteiger partial charge in [-0.15, -0.1) is 0 Å². The van der Waals surface area contributed by atoms with Crippen molar-refractivity contribution in [3.8, 4) is 0 Å². The molecule has 0 radical (unpaired) electrons. The van der Waals surface area contributed by atoms with Gasteiger partial charge in [-0.05, 0) is 43.9 Å². The van der Waals surface area contributed by atoms with E-state index in [1.807, 2.05) is 18.2 Å². The molecule has 1 aliphatic heterocycles. The van der Waals surface area contributed by atoms with Gasteiger partial charge in [0.25, 0.3) is 0 Å². The smallest absolute Gasteiger partial charge is 0.226 e. The largest absolute Gasteiger partial charge is 0.382 e. The normalized spacial score (nSPS) is 21.1. The summed E-state index contributed by atoms with van der Waals surface area (Å²) in [5.41, 5.74) is 1.91. The van der Waals surface area contributed by atoms with E-state index in [-0.39, 0.29) is 12.0 Å². The standard InChI is InChI=1S/C19H28N2O3/c22-19(10-12-23-14-18-9-4-11-24-18)21-17-8-3-7-16(13-17)20-15-5-1-2-6-15/h3,7-8,13,15,18,20H,1-2,4-6,9-12,14H2,(H,21,22). The van der Waals surface area contributed by atoms with Crippen LogP contribution in [0.1, 0.15) is 44.9 Å². The molecule has 1 unspecified atom stereocenters. The summed E-state index contributed by atoms with van der Waals surface area (Å²) in [4.78, 5) is 12.0. The van der Waals surface area contributed by atoms with Crippen LogP contribution in [0.5, 0.6) is 0 Å². The highest BCUT2D eigenvalue weighted by atomic mass is 16.5. The molecule has 24 heavy (non-hydrogen) atoms. The average Bonchev–Trinajstić information content (AvgIpc) is 3.25. The Kier molecular flexibility index (Phi) is 6.49. The van der Waals surface area contributed by atoms with Crippen LogP contribution in [0.15, 0.2) is 24.3 Å². The predicted molar refractivity (Wildman–Crippen MR) is 95.4 cm³/mol. The Labute approximate surface area is 144 Å². The average molecular weight is 332 g/mol. The van der Waals surface area contributed by atoms with Gasteiger partial charge < -0.3 is 20.1 Å². The quantitative estimate of drug-likeness (QED) is 0.715. The van der Waals surface area contributed by atoms with E-state index in [1.165, 1.54) is 25.7 Å². The fraction of sp³-hybridized carbons (Fsp3) is 0.632. The van der Waals surface area contributed by atoms with Gasteiger partial charge in [0.15, 0.2) is 0 Å². The van der Waals surface area contributed by atoms with Crippen molar-refractivity contribution in [1.29, 1.82) is 0 Å². The van der Waals surface area contributed by atoms with E-state index < -0.39 is 0 Å². The van der Waals surface area contributed by atoms with Crippen LogP contribution in [-0.4, -0.2) is 37.9 Å². The van der Waals surface area contributed by atoms with Crippen molar-refractivity contribution in [1.82, 2.24) is 0 Å². The third-order valence-corrected chi connectivity index (χ3v) is 4.67. The molecule has 0 spiro atoms. The molecule has 2 fully saturated rings. The van der Waals surface area contributed by atoms with Crippen molar-refractivity contribution in [2.45, 2.75) is 57.1 Å². The van der Waals surface area contributed by atoms with Gasteiger partial charge in [0.05, 0.1) is 25.7 Å². The lowest BCUT2D eigenvalue weighted by molar-refractivity contribution is -0.117. The van der Waals surface area contributed by atoms with Crippen LogP contribution in [0, 0.1) is 0 Å². The number of amides is 1. The first kappa shape index (κ1) is 17.2. The molecule has 0 bridgehead atoms. The van der Waals surface area contributed by atoms with Crippen molar-refractivity contribution in [3.63, 3.8) is 0 Å². The molecule has 1 amide bonds. The summed E-state index contributed by atoms with van der Waals surface area (Å²) in [5.74, 6) is -0.0136. The first-order valence-electron chi connectivity index (χ1n) is 9.15. The number of ether oxygens (including phenoxy) is 2. The summed E-state index contributed by atoms with van der Waals surface area (Å²) in [6.45, 7) is 1.86. The van der Waals surface area contributed by atoms with Gasteiger partial charge in [-0.2, -0.15) is 0 Å². The van der Waals surface area contributed by atoms with Crippen LogP contribution < -0.4 is 10.6 Å². The van der Waals surface area contributed by atoms with Crippen molar-refractivity contribution >= 4 is 17.3 Å². The van der Waals surface area contributed by atoms with E-state index in [0.29, 0.717) is 25.7 Å². The second-order valence-electron chi connectivity index (χ2n) is 6.71. The van der Waals surface area contributed by atoms with Gasteiger partial charge in [-0.25, -0.2) is 0 Å². The molecule has 1 atom stereocenters. The van der Waals surface area contributed by atoms with E-state index >= 15 is 0 Å². The Balaban J connectivity index is 1.37. The highest BCUT2D eigenvalue weighted by Gasteiger charge is 2.16. The SMILES string of the molecule is O=C(CCOCC1CCCO1)Nc1cccc(NC2CCCC2)c1. The molecule has 1 saturated carbocycles. The molecule has 1 aliphatic carbocycles. The topological polar surface area (TPSA) is 59.6 Å². The zero-order valence-corrected chi connectivity index (χ0v) is 14.3. The maximum atomic E-state index is 12.0. The van der Waals surface area contributed by atoms with Crippen LogP contribution in [0.3, 0.4) is 0 Å². The molecule has 2 aliphatic rings. The van der Waals surface area contributed by atoms with Gasteiger partial charge in [0.2, 0.25) is 5.91 Å². The summed E-state index contributed by atoms with van der Waals surface area (Å²) in [6, 6.07) is 8.52. The van der Waals surface area contributed by atoms with Crippen molar-refractivity contribution in [2.24, 2.45) is 0 Å². The molecule has 1 heterocycles. The third-order valence-electron chi connectivity index (χ3n) is 4.67. The van der Waals surface area contributed by atoms with Gasteiger partial charge in [0, 0.05) is 24.0 Å². The Morgan fingerprint density at radius 1 is 1.17 bits per heavy atom. The molecule has 2 N–H and O–H groups in total. The van der Waals surface area contributed by atoms with E-state index in [0.717, 1.165) is 30.8 Å². The summed E-state index contributed by atoms with van der Waals surface area (Å²) in [7, 11) is 0. The number of carbonyl (C=O) groups is 1. The molecule has 1 saturated heterocycles. The zero-order chi connectivity index (χ0) is 16.6. The Morgan fingerprint density at radius 3 is 2.79 bits per heavy atom. The highest BCUT2D eigenvalue weighted by molar-refractivity contribution is 5.91. The lowest BCUT2D eigenvalue weighted by Crippen LogP contribution is -2.18. The van der Waals surface area contributed by atoms with Gasteiger partial charge in [0.1, 0.15) is 0 Å². The van der Waals surface area contributed by atoms with Gasteiger partial charge in [-0.3, -0.25) is 4.79 Å². The number of nitrogens with one attached hydrogen (secondary N) is 2. The van der Waals surface area contributed by atoms with E-state index in [9.17, 15) is 4.79 Å². The highest BCUT2D eigenvalue weighted by Crippen LogP contribution is 2.23. The van der Waals surface area contributed by atoms with E-state index in [2.05, 4.69) is 16.7 Å². The van der Waals surface area contributed by atoms with Crippen LogP contribution in [0.4, 0.5) is 11.4 Å². The second-order valence-corrected chi connectivity index (χ2v) is 6.71. The molecule has 1 aromatic rings. The first-order valence-corrected chi connectivity index (χ1v) is 9.15. The number of rotatable bonds is 8. The summed E-state index contributed by atoms with van der Waals surface area (Å²) < 4.78 is 11.0. The van der Waals surface area contributed by atoms with Crippen LogP contribution in [0.25, 0.3) is 0 Å². The summed E-state index contributed by atoms with van der Waals surface area (Å²) >= 11 is 0. The van der Waals surface area contributed by atoms with Gasteiger partial charge in [-0.1, -0.05) is 18.9 Å². The fourth-order valence-corrected chi connectivity index (χ4v) is 3.37. The number of benzene rings is 1. The monoisotopic (exact) mass is 332 g/mol. The molecular weight excluding hydrogens is 304 g/mol. The molecule has 1 aromatic carbocycles. The fourth-order valence-electron chi connectivity index (χ4n) is 3.37. The van der Waals surface area contributed by atoms with Crippen LogP contribution in [0.2, 0.25) is 0 Å². The van der Waals surface area contributed by atoms with Crippen LogP contribution in [-0.2, 0) is 14.3 Å². The Hall–Kier alpha value is -1.59. The number of anilines is 2. The molecule has 0 aromatic heterocycles. The summed E-state index contributed by atoms with van der Waals surface area (Å²) in [6.07, 6.45) is 7.84. The molecule has 132 valence electrons. The molecule has 5 heteroatoms. The maximum absolute atomic E-state index is 12.0. The van der Waals surface area contributed by atoms with E-state index in [1.54, 1.807) is 0 Å². The van der Waals surface area contributed by atoms with Crippen molar-refractivity contribution < 1.29 is 14.3 Å². The minimum atomic E-state index is -0.0136. The summed E-state index contributed by atoms with van der Waals surface area (Å²) in [5, 5.41) is 6.49.